The van der Waals surface area contributed by atoms with Crippen molar-refractivity contribution in [1.82, 2.24) is 0 Å². The monoisotopic (exact) mass is 354 g/mol. The van der Waals surface area contributed by atoms with Crippen LogP contribution < -0.4 is 4.74 Å². The average molecular weight is 354 g/mol. The highest BCUT2D eigenvalue weighted by Gasteiger charge is 2.33. The molecular weight excluding hydrogens is 324 g/mol. The van der Waals surface area contributed by atoms with Crippen molar-refractivity contribution in [3.63, 3.8) is 0 Å². The Labute approximate surface area is 157 Å². The van der Waals surface area contributed by atoms with E-state index in [1.165, 1.54) is 24.8 Å². The number of rotatable bonds is 10. The fraction of sp³-hybridized carbons (Fsp3) is 0.478. The first kappa shape index (κ1) is 18.9. The van der Waals surface area contributed by atoms with Gasteiger partial charge in [0.2, 0.25) is 0 Å². The van der Waals surface area contributed by atoms with Crippen LogP contribution in [0.2, 0.25) is 0 Å². The molecule has 1 saturated carbocycles. The summed E-state index contributed by atoms with van der Waals surface area (Å²) < 4.78 is 18.2. The lowest BCUT2D eigenvalue weighted by Crippen LogP contribution is -2.39. The fourth-order valence-electron chi connectivity index (χ4n) is 3.50. The van der Waals surface area contributed by atoms with Crippen LogP contribution in [0.15, 0.2) is 60.7 Å². The summed E-state index contributed by atoms with van der Waals surface area (Å²) in [7, 11) is 0. The van der Waals surface area contributed by atoms with Gasteiger partial charge in [-0.1, -0.05) is 55.0 Å². The van der Waals surface area contributed by atoms with Crippen LogP contribution >= 0.6 is 0 Å². The molecule has 0 aliphatic heterocycles. The molecule has 1 aliphatic carbocycles. The van der Waals surface area contributed by atoms with Gasteiger partial charge in [-0.25, -0.2) is 0 Å². The molecule has 0 aromatic heterocycles. The number of hydrogen-bond acceptors (Lipinski definition) is 3. The zero-order valence-electron chi connectivity index (χ0n) is 15.6. The van der Waals surface area contributed by atoms with Crippen LogP contribution in [0.4, 0.5) is 0 Å². The van der Waals surface area contributed by atoms with E-state index in [2.05, 4.69) is 30.3 Å². The summed E-state index contributed by atoms with van der Waals surface area (Å²) in [5, 5.41) is 0. The second-order valence-electron chi connectivity index (χ2n) is 6.92. The summed E-state index contributed by atoms with van der Waals surface area (Å²) in [4.78, 5) is 0. The van der Waals surface area contributed by atoms with E-state index in [9.17, 15) is 0 Å². The highest BCUT2D eigenvalue weighted by Crippen LogP contribution is 2.33. The fourth-order valence-corrected chi connectivity index (χ4v) is 3.50. The van der Waals surface area contributed by atoms with E-state index in [1.807, 2.05) is 30.3 Å². The van der Waals surface area contributed by atoms with Gasteiger partial charge in [0, 0.05) is 12.8 Å². The van der Waals surface area contributed by atoms with Crippen molar-refractivity contribution in [2.45, 2.75) is 50.7 Å². The van der Waals surface area contributed by atoms with Crippen LogP contribution in [-0.2, 0) is 15.9 Å². The summed E-state index contributed by atoms with van der Waals surface area (Å²) in [6.45, 7) is 1.86. The molecule has 3 rings (SSSR count). The Morgan fingerprint density at radius 3 is 2.08 bits per heavy atom. The third kappa shape index (κ3) is 6.15. The number of para-hydroxylation sites is 1. The minimum atomic E-state index is -0.408. The summed E-state index contributed by atoms with van der Waals surface area (Å²) in [6.07, 6.45) is 7.69. The Bertz CT molecular complexity index is 556. The Morgan fingerprint density at radius 2 is 1.35 bits per heavy atom. The smallest absolute Gasteiger partial charge is 0.168 e. The first-order valence-electron chi connectivity index (χ1n) is 9.86. The van der Waals surface area contributed by atoms with Gasteiger partial charge >= 0.3 is 0 Å². The largest absolute Gasteiger partial charge is 0.491 e. The second-order valence-corrected chi connectivity index (χ2v) is 6.92. The number of ether oxygens (including phenoxy) is 3. The quantitative estimate of drug-likeness (QED) is 0.423. The van der Waals surface area contributed by atoms with Gasteiger partial charge in [-0.05, 0) is 43.4 Å². The first-order chi connectivity index (χ1) is 12.9. The maximum Gasteiger partial charge on any atom is 0.168 e. The van der Waals surface area contributed by atoms with Crippen molar-refractivity contribution < 1.29 is 14.2 Å². The molecule has 0 radical (unpaired) electrons. The van der Waals surface area contributed by atoms with Crippen molar-refractivity contribution >= 4 is 0 Å². The van der Waals surface area contributed by atoms with Gasteiger partial charge in [-0.15, -0.1) is 0 Å². The van der Waals surface area contributed by atoms with E-state index >= 15 is 0 Å². The van der Waals surface area contributed by atoms with Gasteiger partial charge in [-0.3, -0.25) is 0 Å². The topological polar surface area (TPSA) is 27.7 Å². The van der Waals surface area contributed by atoms with Crippen LogP contribution in [0, 0.1) is 0 Å². The van der Waals surface area contributed by atoms with E-state index in [1.54, 1.807) is 0 Å². The molecule has 0 atom stereocenters. The summed E-state index contributed by atoms with van der Waals surface area (Å²) >= 11 is 0. The van der Waals surface area contributed by atoms with Gasteiger partial charge in [0.05, 0.1) is 13.2 Å². The Balaban J connectivity index is 1.40. The molecule has 0 amide bonds. The summed E-state index contributed by atoms with van der Waals surface area (Å²) in [5.74, 6) is 0.479. The first-order valence-corrected chi connectivity index (χ1v) is 9.86. The lowest BCUT2D eigenvalue weighted by Gasteiger charge is -2.37. The normalized spacial score (nSPS) is 16.3. The van der Waals surface area contributed by atoms with Crippen molar-refractivity contribution in [3.8, 4) is 5.75 Å². The molecule has 26 heavy (non-hydrogen) atoms. The number of aryl methyl sites for hydroxylation is 1. The molecular formula is C23H30O3. The zero-order valence-corrected chi connectivity index (χ0v) is 15.6. The molecule has 3 heteroatoms. The minimum Gasteiger partial charge on any atom is -0.491 e. The molecule has 0 bridgehead atoms. The van der Waals surface area contributed by atoms with Crippen molar-refractivity contribution in [2.75, 3.05) is 19.8 Å². The number of benzene rings is 2. The molecule has 1 fully saturated rings. The molecule has 1 aliphatic rings. The molecule has 3 nitrogen and oxygen atoms in total. The molecule has 2 aromatic rings. The summed E-state index contributed by atoms with van der Waals surface area (Å²) in [5.41, 5.74) is 1.37. The van der Waals surface area contributed by atoms with Crippen LogP contribution in [0.1, 0.15) is 44.1 Å². The SMILES string of the molecule is c1ccc(CCCOC2(OCCOc3ccccc3)CCCCC2)cc1. The van der Waals surface area contributed by atoms with Crippen molar-refractivity contribution in [2.24, 2.45) is 0 Å². The average Bonchev–Trinajstić information content (AvgIpc) is 2.71. The van der Waals surface area contributed by atoms with E-state index in [-0.39, 0.29) is 0 Å². The molecule has 0 spiro atoms. The summed E-state index contributed by atoms with van der Waals surface area (Å²) in [6, 6.07) is 20.5. The van der Waals surface area contributed by atoms with Gasteiger partial charge < -0.3 is 14.2 Å². The molecule has 0 saturated heterocycles. The Morgan fingerprint density at radius 1 is 0.692 bits per heavy atom. The Hall–Kier alpha value is -1.84. The van der Waals surface area contributed by atoms with E-state index < -0.39 is 5.79 Å². The maximum atomic E-state index is 6.27. The standard InChI is InChI=1S/C23H30O3/c1-4-11-21(12-5-1)13-10-18-25-23(16-8-3-9-17-23)26-20-19-24-22-14-6-2-7-15-22/h1-2,4-7,11-12,14-15H,3,8-10,13,16-20H2. The molecule has 0 unspecified atom stereocenters. The predicted octanol–water partition coefficient (Wildman–Crippen LogP) is 5.39. The molecule has 0 heterocycles. The van der Waals surface area contributed by atoms with Gasteiger partial charge in [0.1, 0.15) is 12.4 Å². The zero-order chi connectivity index (χ0) is 17.9. The van der Waals surface area contributed by atoms with Crippen molar-refractivity contribution in [1.29, 1.82) is 0 Å². The molecule has 140 valence electrons. The van der Waals surface area contributed by atoms with Gasteiger partial charge in [0.25, 0.3) is 0 Å². The second kappa shape index (κ2) is 10.3. The Kier molecular flexibility index (Phi) is 7.53. The van der Waals surface area contributed by atoms with Crippen LogP contribution in [0.5, 0.6) is 5.75 Å². The third-order valence-corrected chi connectivity index (χ3v) is 4.89. The molecule has 2 aromatic carbocycles. The highest BCUT2D eigenvalue weighted by molar-refractivity contribution is 5.20. The van der Waals surface area contributed by atoms with Crippen molar-refractivity contribution in [3.05, 3.63) is 66.2 Å². The minimum absolute atomic E-state index is 0.408. The van der Waals surface area contributed by atoms with E-state index in [0.717, 1.165) is 38.0 Å². The van der Waals surface area contributed by atoms with Crippen LogP contribution in [0.25, 0.3) is 0 Å². The van der Waals surface area contributed by atoms with E-state index in [0.29, 0.717) is 13.2 Å². The predicted molar refractivity (Wildman–Crippen MR) is 104 cm³/mol. The van der Waals surface area contributed by atoms with Crippen LogP contribution in [0.3, 0.4) is 0 Å². The maximum absolute atomic E-state index is 6.27. The van der Waals surface area contributed by atoms with Gasteiger partial charge in [-0.2, -0.15) is 0 Å². The highest BCUT2D eigenvalue weighted by atomic mass is 16.7. The van der Waals surface area contributed by atoms with E-state index in [4.69, 9.17) is 14.2 Å². The lowest BCUT2D eigenvalue weighted by molar-refractivity contribution is -0.254. The third-order valence-electron chi connectivity index (χ3n) is 4.89. The van der Waals surface area contributed by atoms with Crippen LogP contribution in [-0.4, -0.2) is 25.6 Å². The molecule has 0 N–H and O–H groups in total. The number of hydrogen-bond donors (Lipinski definition) is 0. The van der Waals surface area contributed by atoms with Gasteiger partial charge in [0.15, 0.2) is 5.79 Å². The lowest BCUT2D eigenvalue weighted by atomic mass is 9.94.